The summed E-state index contributed by atoms with van der Waals surface area (Å²) in [4.78, 5) is 0. The molecule has 1 aromatic heterocycles. The third kappa shape index (κ3) is 2.33. The van der Waals surface area contributed by atoms with Gasteiger partial charge in [-0.3, -0.25) is 0 Å². The van der Waals surface area contributed by atoms with Gasteiger partial charge in [0.2, 0.25) is 0 Å². The summed E-state index contributed by atoms with van der Waals surface area (Å²) >= 11 is 1.12. The molecule has 0 saturated carbocycles. The number of nitrogens with zero attached hydrogens (tertiary/aromatic N) is 1. The Morgan fingerprint density at radius 2 is 1.94 bits per heavy atom. The molecule has 0 atom stereocenters. The monoisotopic (exact) mass is 245 g/mol. The Kier molecular flexibility index (Phi) is 2.82. The van der Waals surface area contributed by atoms with E-state index in [9.17, 15) is 13.2 Å². The first kappa shape index (κ1) is 10.9. The molecule has 0 saturated heterocycles. The SMILES string of the molecule is FC(F)(F)c1ccccc1Oc1cnsc1. The normalized spacial score (nSPS) is 11.4. The van der Waals surface area contributed by atoms with Gasteiger partial charge in [-0.15, -0.1) is 0 Å². The van der Waals surface area contributed by atoms with E-state index in [1.807, 2.05) is 0 Å². The molecule has 0 radical (unpaired) electrons. The van der Waals surface area contributed by atoms with Crippen molar-refractivity contribution in [2.45, 2.75) is 6.18 Å². The Bertz CT molecular complexity index is 467. The van der Waals surface area contributed by atoms with E-state index in [0.29, 0.717) is 5.75 Å². The molecule has 0 N–H and O–H groups in total. The zero-order valence-electron chi connectivity index (χ0n) is 7.86. The smallest absolute Gasteiger partial charge is 0.419 e. The summed E-state index contributed by atoms with van der Waals surface area (Å²) in [5, 5.41) is 1.53. The number of rotatable bonds is 2. The van der Waals surface area contributed by atoms with Crippen molar-refractivity contribution >= 4 is 11.5 Å². The minimum absolute atomic E-state index is 0.213. The van der Waals surface area contributed by atoms with Gasteiger partial charge in [0.1, 0.15) is 5.75 Å². The zero-order valence-corrected chi connectivity index (χ0v) is 8.68. The molecule has 16 heavy (non-hydrogen) atoms. The van der Waals surface area contributed by atoms with Crippen LogP contribution in [0.3, 0.4) is 0 Å². The van der Waals surface area contributed by atoms with Crippen LogP contribution >= 0.6 is 11.5 Å². The van der Waals surface area contributed by atoms with Gasteiger partial charge in [-0.25, -0.2) is 0 Å². The van der Waals surface area contributed by atoms with Gasteiger partial charge in [-0.2, -0.15) is 17.5 Å². The van der Waals surface area contributed by atoms with Gasteiger partial charge in [-0.05, 0) is 23.7 Å². The summed E-state index contributed by atoms with van der Waals surface area (Å²) in [5.74, 6) is 0.0944. The molecule has 6 heteroatoms. The summed E-state index contributed by atoms with van der Waals surface area (Å²) in [6.07, 6.45) is -3.04. The van der Waals surface area contributed by atoms with Crippen LogP contribution < -0.4 is 4.74 Å². The molecule has 0 aliphatic carbocycles. The summed E-state index contributed by atoms with van der Waals surface area (Å²) < 4.78 is 46.6. The minimum Gasteiger partial charge on any atom is -0.454 e. The topological polar surface area (TPSA) is 22.1 Å². The lowest BCUT2D eigenvalue weighted by atomic mass is 10.2. The zero-order chi connectivity index (χ0) is 11.6. The first-order valence-electron chi connectivity index (χ1n) is 4.31. The summed E-state index contributed by atoms with van der Waals surface area (Å²) in [5.41, 5.74) is -0.791. The minimum atomic E-state index is -4.42. The number of para-hydroxylation sites is 1. The van der Waals surface area contributed by atoms with Crippen molar-refractivity contribution in [3.8, 4) is 11.5 Å². The van der Waals surface area contributed by atoms with Crippen molar-refractivity contribution in [2.75, 3.05) is 0 Å². The van der Waals surface area contributed by atoms with Crippen LogP contribution in [0.15, 0.2) is 35.8 Å². The lowest BCUT2D eigenvalue weighted by molar-refractivity contribution is -0.138. The van der Waals surface area contributed by atoms with Crippen LogP contribution in [-0.2, 0) is 6.18 Å². The van der Waals surface area contributed by atoms with Crippen LogP contribution in [0, 0.1) is 0 Å². The fourth-order valence-electron chi connectivity index (χ4n) is 1.16. The average molecular weight is 245 g/mol. The molecule has 0 aliphatic heterocycles. The number of benzene rings is 1. The predicted molar refractivity (Wildman–Crippen MR) is 53.6 cm³/mol. The van der Waals surface area contributed by atoms with E-state index in [0.717, 1.165) is 17.6 Å². The molecule has 2 rings (SSSR count). The van der Waals surface area contributed by atoms with Crippen molar-refractivity contribution in [2.24, 2.45) is 0 Å². The van der Waals surface area contributed by atoms with E-state index < -0.39 is 11.7 Å². The summed E-state index contributed by atoms with van der Waals surface area (Å²) in [6.45, 7) is 0. The lowest BCUT2D eigenvalue weighted by Crippen LogP contribution is -2.06. The van der Waals surface area contributed by atoms with Crippen LogP contribution in [0.2, 0.25) is 0 Å². The first-order valence-corrected chi connectivity index (χ1v) is 5.14. The molecule has 1 heterocycles. The van der Waals surface area contributed by atoms with E-state index in [4.69, 9.17) is 4.74 Å². The first-order chi connectivity index (χ1) is 7.57. The standard InChI is InChI=1S/C10H6F3NOS/c11-10(12,13)8-3-1-2-4-9(8)15-7-5-14-16-6-7/h1-6H. The molecular weight excluding hydrogens is 239 g/mol. The van der Waals surface area contributed by atoms with Crippen molar-refractivity contribution < 1.29 is 17.9 Å². The maximum Gasteiger partial charge on any atom is 0.419 e. The molecule has 0 unspecified atom stereocenters. The van der Waals surface area contributed by atoms with E-state index in [1.54, 1.807) is 0 Å². The highest BCUT2D eigenvalue weighted by molar-refractivity contribution is 7.03. The second kappa shape index (κ2) is 4.13. The third-order valence-electron chi connectivity index (χ3n) is 1.83. The second-order valence-electron chi connectivity index (χ2n) is 2.96. The largest absolute Gasteiger partial charge is 0.454 e. The molecule has 0 aliphatic rings. The lowest BCUT2D eigenvalue weighted by Gasteiger charge is -2.11. The molecule has 2 aromatic rings. The molecule has 0 bridgehead atoms. The highest BCUT2D eigenvalue weighted by Gasteiger charge is 2.34. The summed E-state index contributed by atoms with van der Waals surface area (Å²) in [7, 11) is 0. The molecule has 0 spiro atoms. The van der Waals surface area contributed by atoms with E-state index in [-0.39, 0.29) is 5.75 Å². The fraction of sp³-hybridized carbons (Fsp3) is 0.100. The Labute approximate surface area is 93.5 Å². The number of ether oxygens (including phenoxy) is 1. The van der Waals surface area contributed by atoms with Crippen LogP contribution in [0.5, 0.6) is 11.5 Å². The van der Waals surface area contributed by atoms with Crippen LogP contribution in [0.4, 0.5) is 13.2 Å². The molecule has 2 nitrogen and oxygen atoms in total. The molecule has 0 amide bonds. The van der Waals surface area contributed by atoms with Crippen molar-refractivity contribution in [3.05, 3.63) is 41.4 Å². The third-order valence-corrected chi connectivity index (χ3v) is 2.39. The van der Waals surface area contributed by atoms with E-state index in [1.165, 1.54) is 29.8 Å². The predicted octanol–water partition coefficient (Wildman–Crippen LogP) is 3.95. The van der Waals surface area contributed by atoms with E-state index in [2.05, 4.69) is 4.37 Å². The van der Waals surface area contributed by atoms with Crippen LogP contribution in [0.25, 0.3) is 0 Å². The Balaban J connectivity index is 2.34. The second-order valence-corrected chi connectivity index (χ2v) is 3.61. The Hall–Kier alpha value is -1.56. The molecule has 1 aromatic carbocycles. The number of hydrogen-bond donors (Lipinski definition) is 0. The molecular formula is C10H6F3NOS. The van der Waals surface area contributed by atoms with Gasteiger partial charge >= 0.3 is 6.18 Å². The Morgan fingerprint density at radius 3 is 2.56 bits per heavy atom. The van der Waals surface area contributed by atoms with Crippen molar-refractivity contribution in [1.82, 2.24) is 4.37 Å². The number of aromatic nitrogens is 1. The van der Waals surface area contributed by atoms with Gasteiger partial charge in [0, 0.05) is 0 Å². The van der Waals surface area contributed by atoms with Crippen LogP contribution in [0.1, 0.15) is 5.56 Å². The van der Waals surface area contributed by atoms with Gasteiger partial charge in [-0.1, -0.05) is 12.1 Å². The maximum atomic E-state index is 12.6. The van der Waals surface area contributed by atoms with Gasteiger partial charge < -0.3 is 4.74 Å². The highest BCUT2D eigenvalue weighted by Crippen LogP contribution is 2.37. The van der Waals surface area contributed by atoms with Crippen LogP contribution in [-0.4, -0.2) is 4.37 Å². The maximum absolute atomic E-state index is 12.6. The number of hydrogen-bond acceptors (Lipinski definition) is 3. The van der Waals surface area contributed by atoms with Gasteiger partial charge in [0.05, 0.1) is 17.1 Å². The van der Waals surface area contributed by atoms with Gasteiger partial charge in [0.15, 0.2) is 5.75 Å². The average Bonchev–Trinajstić information content (AvgIpc) is 2.70. The molecule has 84 valence electrons. The fourth-order valence-corrected chi connectivity index (χ4v) is 1.60. The highest BCUT2D eigenvalue weighted by atomic mass is 32.1. The quantitative estimate of drug-likeness (QED) is 0.799. The summed E-state index contributed by atoms with van der Waals surface area (Å²) in [6, 6.07) is 5.07. The van der Waals surface area contributed by atoms with E-state index >= 15 is 0 Å². The Morgan fingerprint density at radius 1 is 1.19 bits per heavy atom. The number of halogens is 3. The van der Waals surface area contributed by atoms with Gasteiger partial charge in [0.25, 0.3) is 0 Å². The van der Waals surface area contributed by atoms with Crippen molar-refractivity contribution in [1.29, 1.82) is 0 Å². The molecule has 0 fully saturated rings. The number of alkyl halides is 3. The van der Waals surface area contributed by atoms with Crippen molar-refractivity contribution in [3.63, 3.8) is 0 Å².